The summed E-state index contributed by atoms with van der Waals surface area (Å²) in [5, 5.41) is 13.5. The second-order valence-corrected chi connectivity index (χ2v) is 10.8. The highest BCUT2D eigenvalue weighted by molar-refractivity contribution is 6.36. The molecule has 1 aliphatic rings. The second kappa shape index (κ2) is 10.4. The van der Waals surface area contributed by atoms with E-state index in [0.717, 1.165) is 11.6 Å². The van der Waals surface area contributed by atoms with Gasteiger partial charge in [0, 0.05) is 31.6 Å². The number of pyridine rings is 1. The molecule has 0 atom stereocenters. The van der Waals surface area contributed by atoms with Crippen LogP contribution in [-0.4, -0.2) is 60.5 Å². The number of alkyl halides is 3. The maximum Gasteiger partial charge on any atom is 0.391 e. The van der Waals surface area contributed by atoms with Gasteiger partial charge in [0.1, 0.15) is 11.6 Å². The Hall–Kier alpha value is -3.15. The zero-order valence-corrected chi connectivity index (χ0v) is 23.8. The number of piperidine rings is 1. The summed E-state index contributed by atoms with van der Waals surface area (Å²) in [5.74, 6) is 0.494. The van der Waals surface area contributed by atoms with E-state index in [0.29, 0.717) is 64.0 Å². The van der Waals surface area contributed by atoms with Crippen LogP contribution in [0.4, 0.5) is 13.2 Å². The molecule has 40 heavy (non-hydrogen) atoms. The molecule has 0 bridgehead atoms. The summed E-state index contributed by atoms with van der Waals surface area (Å²) in [4.78, 5) is 15.4. The lowest BCUT2D eigenvalue weighted by Gasteiger charge is -2.33. The number of benzene rings is 1. The topological polar surface area (TPSA) is 81.2 Å². The van der Waals surface area contributed by atoms with Gasteiger partial charge in [-0.25, -0.2) is 15.0 Å². The molecule has 1 N–H and O–H groups in total. The smallest absolute Gasteiger partial charge is 0.391 e. The van der Waals surface area contributed by atoms with E-state index >= 15 is 0 Å². The third kappa shape index (κ3) is 4.73. The van der Waals surface area contributed by atoms with E-state index in [2.05, 4.69) is 15.0 Å². The third-order valence-corrected chi connectivity index (χ3v) is 8.64. The maximum absolute atomic E-state index is 13.2. The van der Waals surface area contributed by atoms with E-state index in [1.807, 2.05) is 42.0 Å². The number of nitrogens with zero attached hydrogens (tertiary/aromatic N) is 6. The van der Waals surface area contributed by atoms with Crippen LogP contribution in [-0.2, 0) is 26.2 Å². The Bertz CT molecular complexity index is 1510. The Morgan fingerprint density at radius 2 is 1.60 bits per heavy atom. The Kier molecular flexibility index (Phi) is 7.35. The quantitative estimate of drug-likeness (QED) is 0.346. The van der Waals surface area contributed by atoms with Crippen LogP contribution in [0, 0.1) is 19.8 Å². The van der Waals surface area contributed by atoms with Crippen molar-refractivity contribution in [3.05, 3.63) is 69.8 Å². The zero-order chi connectivity index (χ0) is 29.0. The molecule has 0 aliphatic carbocycles. The number of halogens is 4. The monoisotopic (exact) mass is 576 g/mol. The standard InChI is InChI=1S/C28H32ClF3N6O2/c1-16-33-13-23(36(16)3)27(39,24-14-34-17(2)37(24)4)19-6-7-22-20(12-19)25(29)21(26(35-22)40-5)15-38-10-8-18(9-11-38)28(30,31)32/h6-7,12-14,18,39H,8-11,15H2,1-5H3. The number of hydrogen-bond acceptors (Lipinski definition) is 6. The number of hydrogen-bond donors (Lipinski definition) is 1. The van der Waals surface area contributed by atoms with Gasteiger partial charge in [-0.05, 0) is 57.5 Å². The van der Waals surface area contributed by atoms with Crippen molar-refractivity contribution in [1.82, 2.24) is 29.0 Å². The first-order valence-electron chi connectivity index (χ1n) is 13.0. The van der Waals surface area contributed by atoms with Gasteiger partial charge in [-0.1, -0.05) is 17.7 Å². The van der Waals surface area contributed by atoms with Crippen LogP contribution in [0.2, 0.25) is 5.02 Å². The predicted molar refractivity (Wildman–Crippen MR) is 145 cm³/mol. The summed E-state index contributed by atoms with van der Waals surface area (Å²) in [6.45, 7) is 4.60. The molecule has 1 fully saturated rings. The highest BCUT2D eigenvalue weighted by atomic mass is 35.5. The summed E-state index contributed by atoms with van der Waals surface area (Å²) in [6.07, 6.45) is -0.818. The molecule has 0 unspecified atom stereocenters. The van der Waals surface area contributed by atoms with Crippen molar-refractivity contribution < 1.29 is 23.0 Å². The number of fused-ring (bicyclic) bond motifs is 1. The lowest BCUT2D eigenvalue weighted by atomic mass is 9.86. The van der Waals surface area contributed by atoms with Gasteiger partial charge in [0.15, 0.2) is 5.60 Å². The van der Waals surface area contributed by atoms with Gasteiger partial charge in [0.25, 0.3) is 0 Å². The molecule has 1 saturated heterocycles. The van der Waals surface area contributed by atoms with Gasteiger partial charge in [-0.3, -0.25) is 4.90 Å². The minimum Gasteiger partial charge on any atom is -0.481 e. The van der Waals surface area contributed by atoms with Crippen LogP contribution < -0.4 is 4.74 Å². The van der Waals surface area contributed by atoms with Gasteiger partial charge < -0.3 is 19.0 Å². The molecule has 4 aromatic rings. The lowest BCUT2D eigenvalue weighted by molar-refractivity contribution is -0.185. The minimum atomic E-state index is -4.18. The average Bonchev–Trinajstić information content (AvgIpc) is 3.45. The van der Waals surface area contributed by atoms with Crippen molar-refractivity contribution in [2.75, 3.05) is 20.2 Å². The molecule has 8 nitrogen and oxygen atoms in total. The van der Waals surface area contributed by atoms with Crippen LogP contribution in [0.15, 0.2) is 30.6 Å². The number of likely N-dealkylation sites (tertiary alicyclic amines) is 1. The van der Waals surface area contributed by atoms with Crippen molar-refractivity contribution in [3.63, 3.8) is 0 Å². The molecule has 12 heteroatoms. The van der Waals surface area contributed by atoms with Gasteiger partial charge in [0.05, 0.1) is 47.3 Å². The van der Waals surface area contributed by atoms with Crippen molar-refractivity contribution >= 4 is 22.5 Å². The van der Waals surface area contributed by atoms with E-state index in [4.69, 9.17) is 16.3 Å². The molecule has 0 spiro atoms. The van der Waals surface area contributed by atoms with Crippen LogP contribution in [0.25, 0.3) is 10.9 Å². The number of imidazole rings is 2. The molecule has 0 amide bonds. The lowest BCUT2D eigenvalue weighted by Crippen LogP contribution is -2.38. The maximum atomic E-state index is 13.2. The first-order chi connectivity index (χ1) is 18.9. The highest BCUT2D eigenvalue weighted by Crippen LogP contribution is 2.41. The molecule has 1 aromatic carbocycles. The molecule has 0 radical (unpaired) electrons. The Labute approximate surface area is 235 Å². The number of aryl methyl sites for hydroxylation is 2. The van der Waals surface area contributed by atoms with Crippen LogP contribution in [0.5, 0.6) is 5.88 Å². The number of rotatable bonds is 6. The van der Waals surface area contributed by atoms with Crippen molar-refractivity contribution in [2.24, 2.45) is 20.0 Å². The predicted octanol–water partition coefficient (Wildman–Crippen LogP) is 5.04. The van der Waals surface area contributed by atoms with Gasteiger partial charge in [-0.15, -0.1) is 0 Å². The van der Waals surface area contributed by atoms with E-state index in [-0.39, 0.29) is 12.8 Å². The van der Waals surface area contributed by atoms with Gasteiger partial charge >= 0.3 is 6.18 Å². The molecule has 0 saturated carbocycles. The second-order valence-electron chi connectivity index (χ2n) is 10.4. The highest BCUT2D eigenvalue weighted by Gasteiger charge is 2.42. The summed E-state index contributed by atoms with van der Waals surface area (Å²) in [5.41, 5.74) is 1.18. The number of methoxy groups -OCH3 is 1. The first-order valence-corrected chi connectivity index (χ1v) is 13.4. The van der Waals surface area contributed by atoms with Crippen LogP contribution in [0.3, 0.4) is 0 Å². The third-order valence-electron chi connectivity index (χ3n) is 8.20. The normalized spacial score (nSPS) is 15.8. The Morgan fingerprint density at radius 1 is 1.02 bits per heavy atom. The molecule has 214 valence electrons. The van der Waals surface area contributed by atoms with E-state index in [1.165, 1.54) is 7.11 Å². The molecule has 3 aromatic heterocycles. The summed E-state index contributed by atoms with van der Waals surface area (Å²) in [6, 6.07) is 5.36. The molecule has 5 rings (SSSR count). The largest absolute Gasteiger partial charge is 0.481 e. The minimum absolute atomic E-state index is 0.0376. The number of aromatic nitrogens is 5. The number of aliphatic hydroxyl groups is 1. The fourth-order valence-corrected chi connectivity index (χ4v) is 5.81. The van der Waals surface area contributed by atoms with Gasteiger partial charge in [0.2, 0.25) is 5.88 Å². The SMILES string of the molecule is COc1nc2ccc(C(O)(c3cnc(C)n3C)c3cnc(C)n3C)cc2c(Cl)c1CN1CCC(C(F)(F)F)CC1. The van der Waals surface area contributed by atoms with Crippen molar-refractivity contribution in [3.8, 4) is 5.88 Å². The van der Waals surface area contributed by atoms with E-state index in [1.54, 1.807) is 30.6 Å². The summed E-state index contributed by atoms with van der Waals surface area (Å²) in [7, 11) is 5.17. The molecule has 1 aliphatic heterocycles. The van der Waals surface area contributed by atoms with Crippen LogP contribution in [0.1, 0.15) is 47.0 Å². The molecular formula is C28H32ClF3N6O2. The summed E-state index contributed by atoms with van der Waals surface area (Å²) < 4.78 is 48.8. The Balaban J connectivity index is 1.60. The fourth-order valence-electron chi connectivity index (χ4n) is 5.52. The molecule has 4 heterocycles. The van der Waals surface area contributed by atoms with Gasteiger partial charge in [-0.2, -0.15) is 13.2 Å². The Morgan fingerprint density at radius 3 is 2.08 bits per heavy atom. The fraction of sp³-hybridized carbons (Fsp3) is 0.464. The zero-order valence-electron chi connectivity index (χ0n) is 23.1. The number of ether oxygens (including phenoxy) is 1. The van der Waals surface area contributed by atoms with E-state index in [9.17, 15) is 18.3 Å². The first kappa shape index (κ1) is 28.4. The van der Waals surface area contributed by atoms with Crippen molar-refractivity contribution in [2.45, 2.75) is 45.0 Å². The average molecular weight is 577 g/mol. The van der Waals surface area contributed by atoms with Crippen molar-refractivity contribution in [1.29, 1.82) is 0 Å². The van der Waals surface area contributed by atoms with Crippen LogP contribution >= 0.6 is 11.6 Å². The summed E-state index contributed by atoms with van der Waals surface area (Å²) >= 11 is 6.99. The van der Waals surface area contributed by atoms with E-state index < -0.39 is 17.7 Å². The molecular weight excluding hydrogens is 545 g/mol.